The summed E-state index contributed by atoms with van der Waals surface area (Å²) in [4.78, 5) is 29.5. The highest BCUT2D eigenvalue weighted by atomic mass is 127. The van der Waals surface area contributed by atoms with Crippen LogP contribution in [0.2, 0.25) is 0 Å². The van der Waals surface area contributed by atoms with E-state index in [4.69, 9.17) is 0 Å². The van der Waals surface area contributed by atoms with E-state index in [9.17, 15) is 14.7 Å². The van der Waals surface area contributed by atoms with Crippen LogP contribution in [0.15, 0.2) is 85.1 Å². The Kier molecular flexibility index (Phi) is 7.97. The van der Waals surface area contributed by atoms with Crippen LogP contribution in [0.25, 0.3) is 10.9 Å². The van der Waals surface area contributed by atoms with Gasteiger partial charge < -0.3 is 20.7 Å². The lowest BCUT2D eigenvalue weighted by Crippen LogP contribution is -2.52. The van der Waals surface area contributed by atoms with Crippen LogP contribution in [0.1, 0.15) is 21.5 Å². The Hall–Kier alpha value is -3.17. The molecule has 0 radical (unpaired) electrons. The number of aromatic amines is 1. The molecule has 4 aromatic rings. The van der Waals surface area contributed by atoms with Crippen LogP contribution in [0.3, 0.4) is 0 Å². The van der Waals surface area contributed by atoms with Crippen LogP contribution in [0.4, 0.5) is 0 Å². The maximum Gasteiger partial charge on any atom is 0.251 e. The van der Waals surface area contributed by atoms with E-state index in [2.05, 4.69) is 44.3 Å². The van der Waals surface area contributed by atoms with Crippen molar-refractivity contribution in [3.63, 3.8) is 0 Å². The number of aromatic nitrogens is 1. The molecule has 0 aliphatic carbocycles. The van der Waals surface area contributed by atoms with E-state index in [1.165, 1.54) is 0 Å². The minimum absolute atomic E-state index is 0.203. The molecule has 1 heterocycles. The van der Waals surface area contributed by atoms with Gasteiger partial charge in [-0.3, -0.25) is 9.59 Å². The topological polar surface area (TPSA) is 94.2 Å². The molecule has 4 N–H and O–H groups in total. The SMILES string of the molecule is O=C(N[C@@H](Cc1c[nH]c2ccc(I)cc12)C(=O)N[C@@H](CO)Cc1ccccc1)c1ccccc1. The van der Waals surface area contributed by atoms with Crippen LogP contribution in [-0.2, 0) is 17.6 Å². The number of carbonyl (C=O) groups excluding carboxylic acids is 2. The van der Waals surface area contributed by atoms with Crippen molar-refractivity contribution in [2.75, 3.05) is 6.61 Å². The molecular weight excluding hydrogens is 541 g/mol. The molecule has 6 nitrogen and oxygen atoms in total. The van der Waals surface area contributed by atoms with Crippen molar-refractivity contribution in [2.45, 2.75) is 24.9 Å². The number of nitrogens with one attached hydrogen (secondary N) is 3. The fourth-order valence-electron chi connectivity index (χ4n) is 3.94. The average Bonchev–Trinajstić information content (AvgIpc) is 3.25. The highest BCUT2D eigenvalue weighted by molar-refractivity contribution is 14.1. The van der Waals surface area contributed by atoms with Gasteiger partial charge in [-0.2, -0.15) is 0 Å². The second kappa shape index (κ2) is 11.3. The first-order valence-corrected chi connectivity index (χ1v) is 12.2. The molecule has 1 aromatic heterocycles. The number of hydrogen-bond acceptors (Lipinski definition) is 3. The molecule has 0 spiro atoms. The first-order valence-electron chi connectivity index (χ1n) is 11.1. The lowest BCUT2D eigenvalue weighted by atomic mass is 10.0. The minimum atomic E-state index is -0.811. The number of aliphatic hydroxyl groups excluding tert-OH is 1. The third-order valence-electron chi connectivity index (χ3n) is 5.70. The number of amides is 2. The molecule has 174 valence electrons. The summed E-state index contributed by atoms with van der Waals surface area (Å²) in [5.41, 5.74) is 3.40. The van der Waals surface area contributed by atoms with Crippen LogP contribution >= 0.6 is 22.6 Å². The smallest absolute Gasteiger partial charge is 0.251 e. The molecule has 0 saturated heterocycles. The Morgan fingerprint density at radius 2 is 1.62 bits per heavy atom. The molecule has 0 saturated carbocycles. The van der Waals surface area contributed by atoms with Gasteiger partial charge in [0.25, 0.3) is 5.91 Å². The second-order valence-corrected chi connectivity index (χ2v) is 9.42. The lowest BCUT2D eigenvalue weighted by Gasteiger charge is -2.23. The first kappa shape index (κ1) is 24.0. The number of halogens is 1. The summed E-state index contributed by atoms with van der Waals surface area (Å²) >= 11 is 2.26. The number of carbonyl (C=O) groups is 2. The maximum absolute atomic E-state index is 13.4. The van der Waals surface area contributed by atoms with Crippen molar-refractivity contribution in [3.8, 4) is 0 Å². The number of aliphatic hydroxyl groups is 1. The van der Waals surface area contributed by atoms with Gasteiger partial charge in [0.2, 0.25) is 5.91 Å². The number of benzene rings is 3. The quantitative estimate of drug-likeness (QED) is 0.232. The van der Waals surface area contributed by atoms with Crippen molar-refractivity contribution < 1.29 is 14.7 Å². The van der Waals surface area contributed by atoms with Gasteiger partial charge in [-0.25, -0.2) is 0 Å². The van der Waals surface area contributed by atoms with Crippen LogP contribution in [0, 0.1) is 3.57 Å². The molecule has 2 atom stereocenters. The normalized spacial score (nSPS) is 12.8. The Morgan fingerprint density at radius 3 is 2.32 bits per heavy atom. The van der Waals surface area contributed by atoms with Gasteiger partial charge in [0.05, 0.1) is 12.6 Å². The maximum atomic E-state index is 13.4. The number of fused-ring (bicyclic) bond motifs is 1. The average molecular weight is 567 g/mol. The van der Waals surface area contributed by atoms with Gasteiger partial charge in [-0.15, -0.1) is 0 Å². The number of hydrogen-bond donors (Lipinski definition) is 4. The van der Waals surface area contributed by atoms with E-state index >= 15 is 0 Å². The standard InChI is InChI=1S/C27H26IN3O3/c28-21-11-12-24-23(15-21)20(16-29-24)14-25(31-26(33)19-9-5-2-6-10-19)27(34)30-22(17-32)13-18-7-3-1-4-8-18/h1-12,15-16,22,25,29,32H,13-14,17H2,(H,30,34)(H,31,33)/t22-,25+/m1/s1. The van der Waals surface area contributed by atoms with Gasteiger partial charge in [-0.05, 0) is 70.5 Å². The molecular formula is C27H26IN3O3. The summed E-state index contributed by atoms with van der Waals surface area (Å²) in [6, 6.07) is 23.3. The Labute approximate surface area is 211 Å². The monoisotopic (exact) mass is 567 g/mol. The molecule has 0 fully saturated rings. The summed E-state index contributed by atoms with van der Waals surface area (Å²) in [5, 5.41) is 16.7. The molecule has 4 rings (SSSR count). The molecule has 0 bridgehead atoms. The zero-order chi connectivity index (χ0) is 23.9. The molecule has 0 aliphatic rings. The van der Waals surface area contributed by atoms with Crippen molar-refractivity contribution in [1.82, 2.24) is 15.6 Å². The highest BCUT2D eigenvalue weighted by Crippen LogP contribution is 2.22. The predicted molar refractivity (Wildman–Crippen MR) is 142 cm³/mol. The fourth-order valence-corrected chi connectivity index (χ4v) is 4.43. The van der Waals surface area contributed by atoms with E-state index in [1.54, 1.807) is 24.3 Å². The van der Waals surface area contributed by atoms with Gasteiger partial charge >= 0.3 is 0 Å². The van der Waals surface area contributed by atoms with Gasteiger partial charge in [0.1, 0.15) is 6.04 Å². The van der Waals surface area contributed by atoms with Crippen LogP contribution in [-0.4, -0.2) is 40.6 Å². The second-order valence-electron chi connectivity index (χ2n) is 8.18. The summed E-state index contributed by atoms with van der Waals surface area (Å²) in [7, 11) is 0. The zero-order valence-corrected chi connectivity index (χ0v) is 20.7. The van der Waals surface area contributed by atoms with E-state index in [-0.39, 0.29) is 18.4 Å². The first-order chi connectivity index (χ1) is 16.5. The van der Waals surface area contributed by atoms with Crippen molar-refractivity contribution >= 4 is 45.3 Å². The summed E-state index contributed by atoms with van der Waals surface area (Å²) < 4.78 is 1.09. The Balaban J connectivity index is 1.56. The summed E-state index contributed by atoms with van der Waals surface area (Å²) in [6.45, 7) is -0.203. The van der Waals surface area contributed by atoms with Gasteiger partial charge in [-0.1, -0.05) is 48.5 Å². The molecule has 34 heavy (non-hydrogen) atoms. The predicted octanol–water partition coefficient (Wildman–Crippen LogP) is 3.83. The Bertz CT molecular complexity index is 1260. The molecule has 0 aliphatic heterocycles. The molecule has 2 amide bonds. The van der Waals surface area contributed by atoms with E-state index in [1.807, 2.05) is 54.7 Å². The molecule has 0 unspecified atom stereocenters. The van der Waals surface area contributed by atoms with Crippen molar-refractivity contribution in [2.24, 2.45) is 0 Å². The minimum Gasteiger partial charge on any atom is -0.394 e. The van der Waals surface area contributed by atoms with E-state index in [0.29, 0.717) is 18.4 Å². The Morgan fingerprint density at radius 1 is 0.912 bits per heavy atom. The molecule has 3 aromatic carbocycles. The fraction of sp³-hybridized carbons (Fsp3) is 0.185. The zero-order valence-electron chi connectivity index (χ0n) is 18.5. The largest absolute Gasteiger partial charge is 0.394 e. The lowest BCUT2D eigenvalue weighted by molar-refractivity contribution is -0.124. The van der Waals surface area contributed by atoms with Crippen molar-refractivity contribution in [3.05, 3.63) is 105 Å². The number of rotatable bonds is 9. The van der Waals surface area contributed by atoms with Crippen LogP contribution < -0.4 is 10.6 Å². The summed E-state index contributed by atoms with van der Waals surface area (Å²) in [5.74, 6) is -0.655. The number of H-pyrrole nitrogens is 1. The van der Waals surface area contributed by atoms with E-state index < -0.39 is 12.1 Å². The van der Waals surface area contributed by atoms with Crippen molar-refractivity contribution in [1.29, 1.82) is 0 Å². The van der Waals surface area contributed by atoms with Gasteiger partial charge in [0, 0.05) is 32.7 Å². The van der Waals surface area contributed by atoms with Crippen LogP contribution in [0.5, 0.6) is 0 Å². The third-order valence-corrected chi connectivity index (χ3v) is 6.37. The van der Waals surface area contributed by atoms with Gasteiger partial charge in [0.15, 0.2) is 0 Å². The van der Waals surface area contributed by atoms with E-state index in [0.717, 1.165) is 25.6 Å². The highest BCUT2D eigenvalue weighted by Gasteiger charge is 2.25. The summed E-state index contributed by atoms with van der Waals surface area (Å²) in [6.07, 6.45) is 2.69. The molecule has 7 heteroatoms. The third kappa shape index (κ3) is 6.03.